The summed E-state index contributed by atoms with van der Waals surface area (Å²) in [6.07, 6.45) is 68.2. The molecule has 97 heavy (non-hydrogen) atoms. The molecule has 0 fully saturated rings. The maximum absolute atomic E-state index is 13.1. The molecule has 0 saturated heterocycles. The molecule has 2 unspecified atom stereocenters. The first-order chi connectivity index (χ1) is 47.2. The Kier molecular flexibility index (Phi) is 69.2. The molecule has 0 radical (unpaired) electrons. The highest BCUT2D eigenvalue weighted by molar-refractivity contribution is 7.47. The van der Waals surface area contributed by atoms with Gasteiger partial charge in [-0.3, -0.25) is 37.3 Å². The second kappa shape index (κ2) is 71.4. The smallest absolute Gasteiger partial charge is 0.462 e. The number of ether oxygens (including phenoxy) is 4. The molecule has 19 heteroatoms. The predicted molar refractivity (Wildman–Crippen MR) is 395 cm³/mol. The van der Waals surface area contributed by atoms with E-state index in [1.54, 1.807) is 0 Å². The predicted octanol–water partition coefficient (Wildman–Crippen LogP) is 22.5. The van der Waals surface area contributed by atoms with Gasteiger partial charge in [0.1, 0.15) is 19.3 Å². The number of rotatable bonds is 75. The van der Waals surface area contributed by atoms with Gasteiger partial charge >= 0.3 is 39.5 Å². The van der Waals surface area contributed by atoms with E-state index in [1.807, 2.05) is 0 Å². The zero-order chi connectivity index (χ0) is 71.1. The summed E-state index contributed by atoms with van der Waals surface area (Å²) in [7, 11) is -9.93. The van der Waals surface area contributed by atoms with Crippen LogP contribution in [0.5, 0.6) is 0 Å². The molecule has 0 aliphatic carbocycles. The Balaban J connectivity index is 5.29. The van der Waals surface area contributed by atoms with Crippen LogP contribution in [-0.4, -0.2) is 96.7 Å². The van der Waals surface area contributed by atoms with Crippen molar-refractivity contribution in [1.82, 2.24) is 0 Å². The first kappa shape index (κ1) is 94.0. The Labute approximate surface area is 591 Å². The number of allylic oxidation sites excluding steroid dienone is 8. The fourth-order valence-electron chi connectivity index (χ4n) is 11.0. The molecule has 0 aliphatic heterocycles. The fourth-order valence-corrected chi connectivity index (χ4v) is 12.6. The van der Waals surface area contributed by atoms with Crippen LogP contribution in [0.4, 0.5) is 0 Å². The van der Waals surface area contributed by atoms with Gasteiger partial charge in [0.15, 0.2) is 12.2 Å². The number of phosphoric ester groups is 2. The van der Waals surface area contributed by atoms with Crippen LogP contribution in [0.3, 0.4) is 0 Å². The minimum atomic E-state index is -4.97. The van der Waals surface area contributed by atoms with Crippen molar-refractivity contribution < 1.29 is 80.2 Å². The molecule has 0 bridgehead atoms. The van der Waals surface area contributed by atoms with Crippen molar-refractivity contribution in [3.8, 4) is 0 Å². The maximum atomic E-state index is 13.1. The van der Waals surface area contributed by atoms with E-state index in [0.29, 0.717) is 25.7 Å². The molecule has 568 valence electrons. The molecule has 0 heterocycles. The van der Waals surface area contributed by atoms with Crippen molar-refractivity contribution in [2.45, 2.75) is 386 Å². The highest BCUT2D eigenvalue weighted by atomic mass is 31.2. The van der Waals surface area contributed by atoms with Crippen LogP contribution in [0.15, 0.2) is 48.6 Å². The van der Waals surface area contributed by atoms with Crippen molar-refractivity contribution in [3.05, 3.63) is 48.6 Å². The lowest BCUT2D eigenvalue weighted by Crippen LogP contribution is -2.30. The normalized spacial score (nSPS) is 14.2. The van der Waals surface area contributed by atoms with E-state index < -0.39 is 97.5 Å². The van der Waals surface area contributed by atoms with Crippen LogP contribution < -0.4 is 0 Å². The number of unbranched alkanes of at least 4 members (excludes halogenated alkanes) is 43. The molecule has 0 aliphatic rings. The number of hydrogen-bond donors (Lipinski definition) is 3. The minimum Gasteiger partial charge on any atom is -0.462 e. The van der Waals surface area contributed by atoms with Gasteiger partial charge in [0.05, 0.1) is 26.4 Å². The molecule has 0 saturated carbocycles. The van der Waals surface area contributed by atoms with Gasteiger partial charge in [-0.25, -0.2) is 9.13 Å². The van der Waals surface area contributed by atoms with E-state index in [-0.39, 0.29) is 25.7 Å². The second-order valence-corrected chi connectivity index (χ2v) is 29.6. The van der Waals surface area contributed by atoms with Gasteiger partial charge in [0.2, 0.25) is 0 Å². The third kappa shape index (κ3) is 71.2. The summed E-state index contributed by atoms with van der Waals surface area (Å²) in [6, 6.07) is 0. The van der Waals surface area contributed by atoms with Gasteiger partial charge in [0, 0.05) is 25.7 Å². The fraction of sp³-hybridized carbons (Fsp3) is 0.846. The zero-order valence-electron chi connectivity index (χ0n) is 62.0. The summed E-state index contributed by atoms with van der Waals surface area (Å²) in [5, 5.41) is 10.6. The van der Waals surface area contributed by atoms with Gasteiger partial charge in [-0.15, -0.1) is 0 Å². The van der Waals surface area contributed by atoms with Gasteiger partial charge in [-0.1, -0.05) is 314 Å². The Hall–Kier alpha value is -2.98. The summed E-state index contributed by atoms with van der Waals surface area (Å²) < 4.78 is 68.5. The lowest BCUT2D eigenvalue weighted by atomic mass is 10.0. The van der Waals surface area contributed by atoms with E-state index >= 15 is 0 Å². The van der Waals surface area contributed by atoms with E-state index in [0.717, 1.165) is 122 Å². The average molecular weight is 1420 g/mol. The number of phosphoric acid groups is 2. The van der Waals surface area contributed by atoms with Crippen LogP contribution in [0, 0.1) is 0 Å². The van der Waals surface area contributed by atoms with E-state index in [1.165, 1.54) is 167 Å². The van der Waals surface area contributed by atoms with Crippen LogP contribution in [0.1, 0.15) is 368 Å². The molecule has 5 atom stereocenters. The van der Waals surface area contributed by atoms with Crippen molar-refractivity contribution in [3.63, 3.8) is 0 Å². The number of esters is 4. The quantitative estimate of drug-likeness (QED) is 0.0169. The summed E-state index contributed by atoms with van der Waals surface area (Å²) in [6.45, 7) is 4.85. The van der Waals surface area contributed by atoms with E-state index in [4.69, 9.17) is 37.0 Å². The lowest BCUT2D eigenvalue weighted by molar-refractivity contribution is -0.161. The molecule has 0 aromatic rings. The van der Waals surface area contributed by atoms with Crippen LogP contribution >= 0.6 is 15.6 Å². The summed E-state index contributed by atoms with van der Waals surface area (Å²) >= 11 is 0. The first-order valence-electron chi connectivity index (χ1n) is 39.4. The monoisotopic (exact) mass is 1410 g/mol. The van der Waals surface area contributed by atoms with Crippen molar-refractivity contribution in [2.75, 3.05) is 39.6 Å². The molecule has 3 N–H and O–H groups in total. The lowest BCUT2D eigenvalue weighted by Gasteiger charge is -2.21. The molecular weight excluding hydrogens is 1270 g/mol. The van der Waals surface area contributed by atoms with E-state index in [2.05, 4.69) is 76.3 Å². The Morgan fingerprint density at radius 3 is 0.753 bits per heavy atom. The molecule has 17 nitrogen and oxygen atoms in total. The number of aliphatic hydroxyl groups is 1. The SMILES string of the molecule is CCCCCC/C=C\C=C/CCCCCCCC(=O)OC[C@H](COP(=O)(O)OC[C@@H](O)COP(=O)(O)OC[C@@H](COC(=O)CCCCCCCCCCC)OC(=O)CCCCCCC/C=C\C=C/CCCCCC)OC(=O)CCCCCCCCCCCCCCCCCCCC. The molecule has 0 aromatic heterocycles. The number of aliphatic hydroxyl groups excluding tert-OH is 1. The second-order valence-electron chi connectivity index (χ2n) is 26.7. The van der Waals surface area contributed by atoms with Gasteiger partial charge in [0.25, 0.3) is 0 Å². The maximum Gasteiger partial charge on any atom is 0.472 e. The Morgan fingerprint density at radius 2 is 0.495 bits per heavy atom. The third-order valence-electron chi connectivity index (χ3n) is 17.1. The Morgan fingerprint density at radius 1 is 0.289 bits per heavy atom. The topological polar surface area (TPSA) is 237 Å². The highest BCUT2D eigenvalue weighted by Gasteiger charge is 2.30. The average Bonchev–Trinajstić information content (AvgIpc) is 2.45. The van der Waals surface area contributed by atoms with Crippen LogP contribution in [-0.2, 0) is 65.4 Å². The Bertz CT molecular complexity index is 2030. The molecular formula is C78H144O17P2. The largest absolute Gasteiger partial charge is 0.472 e. The van der Waals surface area contributed by atoms with Gasteiger partial charge in [-0.2, -0.15) is 0 Å². The number of carbonyl (C=O) groups excluding carboxylic acids is 4. The van der Waals surface area contributed by atoms with Crippen molar-refractivity contribution >= 4 is 39.5 Å². The standard InChI is InChI=1S/C78H144O17P2/c1-5-9-13-17-21-25-28-31-34-35-36-39-42-45-49-53-57-61-65-78(83)95-74(69-89-76(81)63-59-55-51-47-43-40-37-32-29-26-22-18-14-10-6-2)71-93-97(86,87)91-67-72(79)66-90-96(84,85)92-70-73(68-88-75(80)62-58-54-50-46-24-20-16-12-8-4)94-77(82)64-60-56-52-48-44-41-38-33-30-27-23-19-15-11-7-3/h26-27,29-30,32-33,37-38,72-74,79H,5-25,28,31,34-36,39-71H2,1-4H3,(H,84,85)(H,86,87)/b29-26-,30-27-,37-32-,38-33-/t72-,73+,74+/m0/s1. The van der Waals surface area contributed by atoms with E-state index in [9.17, 15) is 43.2 Å². The highest BCUT2D eigenvalue weighted by Crippen LogP contribution is 2.45. The molecule has 0 spiro atoms. The summed E-state index contributed by atoms with van der Waals surface area (Å²) in [4.78, 5) is 72.8. The third-order valence-corrected chi connectivity index (χ3v) is 19.0. The van der Waals surface area contributed by atoms with Crippen LogP contribution in [0.25, 0.3) is 0 Å². The van der Waals surface area contributed by atoms with Gasteiger partial charge < -0.3 is 33.8 Å². The number of hydrogen-bond acceptors (Lipinski definition) is 15. The number of carbonyl (C=O) groups is 4. The summed E-state index contributed by atoms with van der Waals surface area (Å²) in [5.74, 6) is -2.17. The van der Waals surface area contributed by atoms with Crippen LogP contribution in [0.2, 0.25) is 0 Å². The molecule has 0 aromatic carbocycles. The molecule has 0 rings (SSSR count). The van der Waals surface area contributed by atoms with Crippen molar-refractivity contribution in [2.24, 2.45) is 0 Å². The zero-order valence-corrected chi connectivity index (χ0v) is 63.8. The summed E-state index contributed by atoms with van der Waals surface area (Å²) in [5.41, 5.74) is 0. The minimum absolute atomic E-state index is 0.0831. The first-order valence-corrected chi connectivity index (χ1v) is 42.4. The molecule has 0 amide bonds. The van der Waals surface area contributed by atoms with Crippen molar-refractivity contribution in [1.29, 1.82) is 0 Å². The van der Waals surface area contributed by atoms with Gasteiger partial charge in [-0.05, 0) is 77.0 Å².